The van der Waals surface area contributed by atoms with Crippen molar-refractivity contribution in [2.75, 3.05) is 11.9 Å². The zero-order chi connectivity index (χ0) is 22.2. The van der Waals surface area contributed by atoms with Crippen LogP contribution < -0.4 is 10.6 Å². The van der Waals surface area contributed by atoms with Gasteiger partial charge in [-0.25, -0.2) is 4.79 Å². The SMILES string of the molecule is CCOC(=O)Cc1nc([C@H](Cc2ccc(Cl)cc2)NC(=O)Nc2ccc(Cl)cc2)no1. The molecule has 10 heteroatoms. The van der Waals surface area contributed by atoms with E-state index in [0.717, 1.165) is 5.56 Å². The molecular weight excluding hydrogens is 443 g/mol. The highest BCUT2D eigenvalue weighted by molar-refractivity contribution is 6.30. The average Bonchev–Trinajstić information content (AvgIpc) is 3.19. The van der Waals surface area contributed by atoms with Crippen LogP contribution in [0.25, 0.3) is 0 Å². The van der Waals surface area contributed by atoms with Gasteiger partial charge in [0, 0.05) is 22.2 Å². The number of nitrogens with zero attached hydrogens (tertiary/aromatic N) is 2. The fourth-order valence-corrected chi connectivity index (χ4v) is 2.99. The van der Waals surface area contributed by atoms with Crippen molar-refractivity contribution in [3.8, 4) is 0 Å². The van der Waals surface area contributed by atoms with E-state index in [2.05, 4.69) is 20.8 Å². The molecule has 2 aromatic carbocycles. The van der Waals surface area contributed by atoms with E-state index in [-0.39, 0.29) is 24.7 Å². The van der Waals surface area contributed by atoms with E-state index in [0.29, 0.717) is 22.2 Å². The Labute approximate surface area is 188 Å². The highest BCUT2D eigenvalue weighted by Gasteiger charge is 2.22. The normalized spacial score (nSPS) is 11.6. The fraction of sp³-hybridized carbons (Fsp3) is 0.238. The van der Waals surface area contributed by atoms with Crippen LogP contribution >= 0.6 is 23.2 Å². The summed E-state index contributed by atoms with van der Waals surface area (Å²) < 4.78 is 10.1. The third-order valence-electron chi connectivity index (χ3n) is 4.16. The fourth-order valence-electron chi connectivity index (χ4n) is 2.74. The summed E-state index contributed by atoms with van der Waals surface area (Å²) in [6.45, 7) is 1.97. The Morgan fingerprint density at radius 1 is 1.06 bits per heavy atom. The molecule has 3 rings (SSSR count). The molecule has 2 amide bonds. The van der Waals surface area contributed by atoms with Gasteiger partial charge in [-0.2, -0.15) is 4.98 Å². The van der Waals surface area contributed by atoms with Crippen LogP contribution in [-0.4, -0.2) is 28.7 Å². The van der Waals surface area contributed by atoms with Crippen molar-refractivity contribution >= 4 is 40.9 Å². The first-order valence-corrected chi connectivity index (χ1v) is 10.2. The second kappa shape index (κ2) is 10.8. The molecule has 1 heterocycles. The third-order valence-corrected chi connectivity index (χ3v) is 4.66. The number of aromatic nitrogens is 2. The zero-order valence-electron chi connectivity index (χ0n) is 16.6. The van der Waals surface area contributed by atoms with Crippen LogP contribution in [-0.2, 0) is 22.4 Å². The predicted octanol–water partition coefficient (Wildman–Crippen LogP) is 4.59. The minimum Gasteiger partial charge on any atom is -0.466 e. The van der Waals surface area contributed by atoms with Gasteiger partial charge < -0.3 is 19.9 Å². The molecule has 0 fully saturated rings. The second-order valence-electron chi connectivity index (χ2n) is 6.52. The number of nitrogens with one attached hydrogen (secondary N) is 2. The van der Waals surface area contributed by atoms with Gasteiger partial charge in [-0.05, 0) is 48.9 Å². The molecule has 1 aromatic heterocycles. The molecule has 162 valence electrons. The summed E-state index contributed by atoms with van der Waals surface area (Å²) in [5.74, 6) is -0.129. The van der Waals surface area contributed by atoms with Crippen molar-refractivity contribution in [3.63, 3.8) is 0 Å². The molecular formula is C21H20Cl2N4O4. The van der Waals surface area contributed by atoms with Crippen molar-refractivity contribution < 1.29 is 18.8 Å². The van der Waals surface area contributed by atoms with E-state index in [4.69, 9.17) is 32.5 Å². The predicted molar refractivity (Wildman–Crippen MR) is 116 cm³/mol. The number of esters is 1. The van der Waals surface area contributed by atoms with E-state index < -0.39 is 18.0 Å². The number of halogens is 2. The smallest absolute Gasteiger partial charge is 0.319 e. The van der Waals surface area contributed by atoms with E-state index in [9.17, 15) is 9.59 Å². The molecule has 0 bridgehead atoms. The maximum absolute atomic E-state index is 12.6. The average molecular weight is 463 g/mol. The first kappa shape index (κ1) is 22.6. The molecule has 0 radical (unpaired) electrons. The van der Waals surface area contributed by atoms with Crippen molar-refractivity contribution in [1.29, 1.82) is 0 Å². The van der Waals surface area contributed by atoms with Gasteiger partial charge in [0.25, 0.3) is 0 Å². The van der Waals surface area contributed by atoms with Crippen molar-refractivity contribution in [3.05, 3.63) is 75.9 Å². The number of benzene rings is 2. The quantitative estimate of drug-likeness (QED) is 0.474. The maximum atomic E-state index is 12.6. The van der Waals surface area contributed by atoms with Crippen molar-refractivity contribution in [2.24, 2.45) is 0 Å². The molecule has 2 N–H and O–H groups in total. The van der Waals surface area contributed by atoms with E-state index >= 15 is 0 Å². The number of amides is 2. The van der Waals surface area contributed by atoms with E-state index in [1.165, 1.54) is 0 Å². The Hall–Kier alpha value is -3.10. The number of ether oxygens (including phenoxy) is 1. The summed E-state index contributed by atoms with van der Waals surface area (Å²) in [5, 5.41) is 10.7. The number of hydrogen-bond donors (Lipinski definition) is 2. The third kappa shape index (κ3) is 6.97. The molecule has 3 aromatic rings. The lowest BCUT2D eigenvalue weighted by atomic mass is 10.1. The van der Waals surface area contributed by atoms with Crippen molar-refractivity contribution in [1.82, 2.24) is 15.5 Å². The van der Waals surface area contributed by atoms with Crippen LogP contribution in [0, 0.1) is 0 Å². The first-order chi connectivity index (χ1) is 14.9. The Morgan fingerprint density at radius 3 is 2.35 bits per heavy atom. The maximum Gasteiger partial charge on any atom is 0.319 e. The first-order valence-electron chi connectivity index (χ1n) is 9.48. The van der Waals surface area contributed by atoms with Crippen LogP contribution in [0.4, 0.5) is 10.5 Å². The topological polar surface area (TPSA) is 106 Å². The number of carbonyl (C=O) groups is 2. The number of carbonyl (C=O) groups excluding carboxylic acids is 2. The standard InChI is InChI=1S/C21H20Cl2N4O4/c1-2-30-19(28)12-18-26-20(27-31-18)17(11-13-3-5-14(22)6-4-13)25-21(29)24-16-9-7-15(23)8-10-16/h3-10,17H,2,11-12H2,1H3,(H2,24,25,29)/t17-/m0/s1. The van der Waals surface area contributed by atoms with Crippen LogP contribution in [0.1, 0.15) is 30.2 Å². The monoisotopic (exact) mass is 462 g/mol. The largest absolute Gasteiger partial charge is 0.466 e. The van der Waals surface area contributed by atoms with Crippen LogP contribution in [0.15, 0.2) is 53.1 Å². The zero-order valence-corrected chi connectivity index (χ0v) is 18.1. The Morgan fingerprint density at radius 2 is 1.71 bits per heavy atom. The summed E-state index contributed by atoms with van der Waals surface area (Å²) in [5.41, 5.74) is 1.47. The highest BCUT2D eigenvalue weighted by Crippen LogP contribution is 2.19. The molecule has 0 aliphatic carbocycles. The molecule has 31 heavy (non-hydrogen) atoms. The Balaban J connectivity index is 1.75. The molecule has 0 saturated carbocycles. The lowest BCUT2D eigenvalue weighted by molar-refractivity contribution is -0.142. The van der Waals surface area contributed by atoms with Gasteiger partial charge in [-0.15, -0.1) is 0 Å². The van der Waals surface area contributed by atoms with Gasteiger partial charge in [-0.3, -0.25) is 4.79 Å². The number of hydrogen-bond acceptors (Lipinski definition) is 6. The highest BCUT2D eigenvalue weighted by atomic mass is 35.5. The number of anilines is 1. The summed E-state index contributed by atoms with van der Waals surface area (Å²) in [6.07, 6.45) is 0.231. The summed E-state index contributed by atoms with van der Waals surface area (Å²) >= 11 is 11.8. The Bertz CT molecular complexity index is 1020. The molecule has 8 nitrogen and oxygen atoms in total. The minimum absolute atomic E-state index is 0.106. The van der Waals surface area contributed by atoms with E-state index in [1.54, 1.807) is 43.3 Å². The summed E-state index contributed by atoms with van der Waals surface area (Å²) in [6, 6.07) is 12.8. The van der Waals surface area contributed by atoms with Gasteiger partial charge in [0.2, 0.25) is 5.89 Å². The lowest BCUT2D eigenvalue weighted by Crippen LogP contribution is -2.34. The van der Waals surface area contributed by atoms with Gasteiger partial charge >= 0.3 is 12.0 Å². The minimum atomic E-state index is -0.617. The van der Waals surface area contributed by atoms with Gasteiger partial charge in [0.05, 0.1) is 12.6 Å². The van der Waals surface area contributed by atoms with Crippen LogP contribution in [0.3, 0.4) is 0 Å². The molecule has 0 unspecified atom stereocenters. The molecule has 1 atom stereocenters. The number of rotatable bonds is 8. The molecule has 0 aliphatic rings. The summed E-state index contributed by atoms with van der Waals surface area (Å²) in [4.78, 5) is 28.5. The lowest BCUT2D eigenvalue weighted by Gasteiger charge is -2.16. The van der Waals surface area contributed by atoms with Crippen molar-refractivity contribution in [2.45, 2.75) is 25.8 Å². The Kier molecular flexibility index (Phi) is 7.86. The van der Waals surface area contributed by atoms with Gasteiger partial charge in [0.15, 0.2) is 5.82 Å². The van der Waals surface area contributed by atoms with Gasteiger partial charge in [0.1, 0.15) is 6.42 Å². The van der Waals surface area contributed by atoms with E-state index in [1.807, 2.05) is 12.1 Å². The van der Waals surface area contributed by atoms with Gasteiger partial charge in [-0.1, -0.05) is 40.5 Å². The second-order valence-corrected chi connectivity index (χ2v) is 7.39. The molecule has 0 spiro atoms. The molecule has 0 saturated heterocycles. The van der Waals surface area contributed by atoms with Crippen LogP contribution in [0.5, 0.6) is 0 Å². The summed E-state index contributed by atoms with van der Waals surface area (Å²) in [7, 11) is 0. The molecule has 0 aliphatic heterocycles. The number of urea groups is 1. The van der Waals surface area contributed by atoms with Crippen LogP contribution in [0.2, 0.25) is 10.0 Å².